The third kappa shape index (κ3) is 5.18. The molecule has 0 radical (unpaired) electrons. The number of nitrogens with one attached hydrogen (secondary N) is 1. The molecule has 3 aromatic rings. The lowest BCUT2D eigenvalue weighted by molar-refractivity contribution is -0.131. The van der Waals surface area contributed by atoms with Crippen LogP contribution in [0.15, 0.2) is 78.9 Å². The Kier molecular flexibility index (Phi) is 6.41. The van der Waals surface area contributed by atoms with E-state index in [9.17, 15) is 14.0 Å². The fourth-order valence-electron chi connectivity index (χ4n) is 4.08. The third-order valence-corrected chi connectivity index (χ3v) is 5.66. The van der Waals surface area contributed by atoms with Gasteiger partial charge < -0.3 is 10.2 Å². The number of rotatable bonds is 5. The summed E-state index contributed by atoms with van der Waals surface area (Å²) in [6.07, 6.45) is 0.667. The van der Waals surface area contributed by atoms with E-state index in [0.717, 1.165) is 16.7 Å². The van der Waals surface area contributed by atoms with Crippen LogP contribution in [0.5, 0.6) is 0 Å². The van der Waals surface area contributed by atoms with Gasteiger partial charge in [-0.1, -0.05) is 66.7 Å². The van der Waals surface area contributed by atoms with Crippen LogP contribution >= 0.6 is 0 Å². The zero-order valence-corrected chi connectivity index (χ0v) is 17.3. The second-order valence-electron chi connectivity index (χ2n) is 7.86. The van der Waals surface area contributed by atoms with Gasteiger partial charge in [-0.25, -0.2) is 4.39 Å². The molecule has 0 aromatic heterocycles. The van der Waals surface area contributed by atoms with E-state index in [-0.39, 0.29) is 30.0 Å². The molecule has 1 atom stereocenters. The number of carbonyl (C=O) groups is 2. The molecule has 1 fully saturated rings. The average Bonchev–Trinajstić information content (AvgIpc) is 2.96. The summed E-state index contributed by atoms with van der Waals surface area (Å²) in [6.45, 7) is 1.23. The minimum Gasteiger partial charge on any atom is -0.354 e. The van der Waals surface area contributed by atoms with Gasteiger partial charge >= 0.3 is 0 Å². The van der Waals surface area contributed by atoms with Crippen LogP contribution in [0.4, 0.5) is 4.39 Å². The monoisotopic (exact) mass is 416 g/mol. The van der Waals surface area contributed by atoms with Gasteiger partial charge in [0.15, 0.2) is 0 Å². The molecule has 1 aliphatic heterocycles. The molecule has 1 heterocycles. The molecule has 5 heteroatoms. The van der Waals surface area contributed by atoms with Crippen molar-refractivity contribution >= 4 is 11.8 Å². The molecule has 1 aliphatic rings. The van der Waals surface area contributed by atoms with E-state index in [1.54, 1.807) is 17.0 Å². The molecular weight excluding hydrogens is 391 g/mol. The minimum atomic E-state index is -0.353. The van der Waals surface area contributed by atoms with Crippen molar-refractivity contribution in [1.29, 1.82) is 0 Å². The maximum Gasteiger partial charge on any atom is 0.227 e. The lowest BCUT2D eigenvalue weighted by Crippen LogP contribution is -2.38. The van der Waals surface area contributed by atoms with Crippen molar-refractivity contribution < 1.29 is 14.0 Å². The first-order chi connectivity index (χ1) is 15.1. The van der Waals surface area contributed by atoms with Crippen LogP contribution in [0.25, 0.3) is 11.1 Å². The summed E-state index contributed by atoms with van der Waals surface area (Å²) in [7, 11) is 0. The van der Waals surface area contributed by atoms with Gasteiger partial charge in [-0.15, -0.1) is 0 Å². The summed E-state index contributed by atoms with van der Waals surface area (Å²) in [5.41, 5.74) is 3.91. The van der Waals surface area contributed by atoms with Crippen LogP contribution in [0.2, 0.25) is 0 Å². The number of hydrogen-bond donors (Lipinski definition) is 1. The highest BCUT2D eigenvalue weighted by atomic mass is 19.1. The first-order valence-corrected chi connectivity index (χ1v) is 10.5. The number of hydrogen-bond acceptors (Lipinski definition) is 2. The number of carbonyl (C=O) groups excluding carboxylic acids is 2. The standard InChI is InChI=1S/C26H25FN2O2/c27-23-11-6-7-19(15-23)16-25(30)29-14-13-28-26(31)22(18-29)17-21-10-4-5-12-24(21)20-8-2-1-3-9-20/h1-12,15,22H,13-14,16-18H2,(H,28,31). The molecule has 0 aliphatic carbocycles. The fraction of sp³-hybridized carbons (Fsp3) is 0.231. The zero-order valence-electron chi connectivity index (χ0n) is 17.3. The summed E-state index contributed by atoms with van der Waals surface area (Å²) in [6, 6.07) is 24.3. The molecule has 2 amide bonds. The molecule has 1 N–H and O–H groups in total. The molecular formula is C26H25FN2O2. The molecule has 0 bridgehead atoms. The Labute approximate surface area is 181 Å². The SMILES string of the molecule is O=C1NCCN(C(=O)Cc2cccc(F)c2)CC1Cc1ccccc1-c1ccccc1. The average molecular weight is 416 g/mol. The number of nitrogens with zero attached hydrogens (tertiary/aromatic N) is 1. The Morgan fingerprint density at radius 3 is 2.58 bits per heavy atom. The Morgan fingerprint density at radius 1 is 1.00 bits per heavy atom. The molecule has 158 valence electrons. The summed E-state index contributed by atoms with van der Waals surface area (Å²) >= 11 is 0. The van der Waals surface area contributed by atoms with Gasteiger partial charge in [-0.05, 0) is 40.8 Å². The van der Waals surface area contributed by atoms with Crippen molar-refractivity contribution in [1.82, 2.24) is 10.2 Å². The summed E-state index contributed by atoms with van der Waals surface area (Å²) in [4.78, 5) is 27.3. The van der Waals surface area contributed by atoms with E-state index in [2.05, 4.69) is 23.5 Å². The van der Waals surface area contributed by atoms with Gasteiger partial charge in [0.2, 0.25) is 11.8 Å². The van der Waals surface area contributed by atoms with Crippen molar-refractivity contribution in [3.05, 3.63) is 95.8 Å². The van der Waals surface area contributed by atoms with Crippen LogP contribution in [0.1, 0.15) is 11.1 Å². The van der Waals surface area contributed by atoms with Crippen LogP contribution in [0.3, 0.4) is 0 Å². The van der Waals surface area contributed by atoms with Gasteiger partial charge in [0.25, 0.3) is 0 Å². The van der Waals surface area contributed by atoms with Crippen molar-refractivity contribution in [3.8, 4) is 11.1 Å². The number of halogens is 1. The smallest absolute Gasteiger partial charge is 0.227 e. The highest BCUT2D eigenvalue weighted by Gasteiger charge is 2.28. The third-order valence-electron chi connectivity index (χ3n) is 5.66. The first kappa shape index (κ1) is 20.8. The highest BCUT2D eigenvalue weighted by molar-refractivity contribution is 5.83. The van der Waals surface area contributed by atoms with Crippen LogP contribution in [-0.4, -0.2) is 36.3 Å². The Hall–Kier alpha value is -3.47. The second-order valence-corrected chi connectivity index (χ2v) is 7.86. The molecule has 31 heavy (non-hydrogen) atoms. The summed E-state index contributed by atoms with van der Waals surface area (Å²) in [5, 5.41) is 2.94. The maximum atomic E-state index is 13.5. The fourth-order valence-corrected chi connectivity index (χ4v) is 4.08. The van der Waals surface area contributed by atoms with Gasteiger partial charge in [0, 0.05) is 19.6 Å². The Morgan fingerprint density at radius 2 is 1.77 bits per heavy atom. The van der Waals surface area contributed by atoms with E-state index in [0.29, 0.717) is 31.6 Å². The number of benzene rings is 3. The van der Waals surface area contributed by atoms with E-state index < -0.39 is 0 Å². The minimum absolute atomic E-state index is 0.0380. The first-order valence-electron chi connectivity index (χ1n) is 10.5. The summed E-state index contributed by atoms with van der Waals surface area (Å²) in [5.74, 6) is -0.829. The van der Waals surface area contributed by atoms with E-state index in [1.807, 2.05) is 36.4 Å². The van der Waals surface area contributed by atoms with E-state index >= 15 is 0 Å². The molecule has 0 saturated carbocycles. The van der Waals surface area contributed by atoms with Crippen LogP contribution in [-0.2, 0) is 22.4 Å². The molecule has 3 aromatic carbocycles. The normalized spacial score (nSPS) is 16.5. The topological polar surface area (TPSA) is 49.4 Å². The lowest BCUT2D eigenvalue weighted by Gasteiger charge is -2.24. The van der Waals surface area contributed by atoms with Crippen LogP contribution in [0, 0.1) is 11.7 Å². The molecule has 1 unspecified atom stereocenters. The lowest BCUT2D eigenvalue weighted by atomic mass is 9.91. The highest BCUT2D eigenvalue weighted by Crippen LogP contribution is 2.26. The van der Waals surface area contributed by atoms with Crippen molar-refractivity contribution in [2.75, 3.05) is 19.6 Å². The predicted molar refractivity (Wildman–Crippen MR) is 119 cm³/mol. The van der Waals surface area contributed by atoms with Crippen LogP contribution < -0.4 is 5.32 Å². The number of amides is 2. The van der Waals surface area contributed by atoms with Gasteiger partial charge in [0.05, 0.1) is 12.3 Å². The van der Waals surface area contributed by atoms with Gasteiger partial charge in [-0.2, -0.15) is 0 Å². The Bertz CT molecular complexity index is 1070. The maximum absolute atomic E-state index is 13.5. The predicted octanol–water partition coefficient (Wildman–Crippen LogP) is 3.85. The second kappa shape index (κ2) is 9.56. The Balaban J connectivity index is 1.52. The van der Waals surface area contributed by atoms with Crippen molar-refractivity contribution in [2.24, 2.45) is 5.92 Å². The summed E-state index contributed by atoms with van der Waals surface area (Å²) < 4.78 is 13.5. The quantitative estimate of drug-likeness (QED) is 0.687. The van der Waals surface area contributed by atoms with E-state index in [1.165, 1.54) is 12.1 Å². The largest absolute Gasteiger partial charge is 0.354 e. The van der Waals surface area contributed by atoms with Gasteiger partial charge in [0.1, 0.15) is 5.82 Å². The van der Waals surface area contributed by atoms with E-state index in [4.69, 9.17) is 0 Å². The molecule has 4 nitrogen and oxygen atoms in total. The molecule has 0 spiro atoms. The zero-order chi connectivity index (χ0) is 21.6. The molecule has 1 saturated heterocycles. The van der Waals surface area contributed by atoms with Crippen molar-refractivity contribution in [2.45, 2.75) is 12.8 Å². The van der Waals surface area contributed by atoms with Crippen molar-refractivity contribution in [3.63, 3.8) is 0 Å². The van der Waals surface area contributed by atoms with Gasteiger partial charge in [-0.3, -0.25) is 9.59 Å². The molecule has 4 rings (SSSR count).